The highest BCUT2D eigenvalue weighted by Gasteiger charge is 2.37. The molecule has 1 heterocycles. The van der Waals surface area contributed by atoms with Gasteiger partial charge in [0.05, 0.1) is 0 Å². The molecule has 1 spiro atoms. The number of hydrogen-bond acceptors (Lipinski definition) is 2. The van der Waals surface area contributed by atoms with Crippen molar-refractivity contribution in [3.05, 3.63) is 29.8 Å². The summed E-state index contributed by atoms with van der Waals surface area (Å²) >= 11 is 0. The second-order valence-corrected chi connectivity index (χ2v) is 7.50. The molecule has 1 aliphatic heterocycles. The van der Waals surface area contributed by atoms with E-state index in [1.165, 1.54) is 75.7 Å². The summed E-state index contributed by atoms with van der Waals surface area (Å²) < 4.78 is 0. The predicted molar refractivity (Wildman–Crippen MR) is 88.7 cm³/mol. The second-order valence-electron chi connectivity index (χ2n) is 7.50. The minimum absolute atomic E-state index is 0.376. The Balaban J connectivity index is 1.61. The van der Waals surface area contributed by atoms with Gasteiger partial charge in [-0.2, -0.15) is 0 Å². The predicted octanol–water partition coefficient (Wildman–Crippen LogP) is 4.10. The molecule has 0 radical (unpaired) electrons. The zero-order valence-electron chi connectivity index (χ0n) is 13.1. The molecule has 2 nitrogen and oxygen atoms in total. The third-order valence-electron chi connectivity index (χ3n) is 5.99. The first-order valence-corrected chi connectivity index (χ1v) is 8.93. The fourth-order valence-corrected chi connectivity index (χ4v) is 4.47. The summed E-state index contributed by atoms with van der Waals surface area (Å²) in [5.74, 6) is 0.941. The average Bonchev–Trinajstić information content (AvgIpc) is 2.63. The normalized spacial score (nSPS) is 25.2. The van der Waals surface area contributed by atoms with Crippen molar-refractivity contribution in [1.29, 1.82) is 0 Å². The van der Waals surface area contributed by atoms with Gasteiger partial charge in [0.1, 0.15) is 0 Å². The minimum Gasteiger partial charge on any atom is -0.369 e. The summed E-state index contributed by atoms with van der Waals surface area (Å²) in [6, 6.07) is 9.07. The van der Waals surface area contributed by atoms with Crippen LogP contribution in [0.4, 0.5) is 5.69 Å². The first kappa shape index (κ1) is 13.6. The van der Waals surface area contributed by atoms with Crippen LogP contribution in [-0.4, -0.2) is 18.6 Å². The molecular weight excluding hydrogens is 256 g/mol. The molecule has 0 bridgehead atoms. The van der Waals surface area contributed by atoms with Crippen molar-refractivity contribution >= 4 is 5.69 Å². The third kappa shape index (κ3) is 2.70. The van der Waals surface area contributed by atoms with Gasteiger partial charge >= 0.3 is 0 Å². The Hall–Kier alpha value is -1.02. The lowest BCUT2D eigenvalue weighted by Gasteiger charge is -2.42. The Morgan fingerprint density at radius 1 is 1.05 bits per heavy atom. The van der Waals surface area contributed by atoms with Crippen LogP contribution in [0.1, 0.15) is 56.9 Å². The third-order valence-corrected chi connectivity index (χ3v) is 5.99. The molecule has 0 saturated heterocycles. The molecule has 2 saturated carbocycles. The molecule has 0 amide bonds. The summed E-state index contributed by atoms with van der Waals surface area (Å²) in [5, 5.41) is 3.95. The van der Waals surface area contributed by atoms with Crippen LogP contribution in [0.3, 0.4) is 0 Å². The largest absolute Gasteiger partial charge is 0.369 e. The summed E-state index contributed by atoms with van der Waals surface area (Å²) in [6.07, 6.45) is 11.3. The summed E-state index contributed by atoms with van der Waals surface area (Å²) in [4.78, 5) is 2.73. The van der Waals surface area contributed by atoms with E-state index in [2.05, 4.69) is 34.5 Å². The maximum Gasteiger partial charge on any atom is 0.0412 e. The Morgan fingerprint density at radius 3 is 2.62 bits per heavy atom. The van der Waals surface area contributed by atoms with Gasteiger partial charge in [0.2, 0.25) is 0 Å². The van der Waals surface area contributed by atoms with Crippen molar-refractivity contribution in [2.24, 2.45) is 5.92 Å². The number of rotatable bonds is 2. The lowest BCUT2D eigenvalue weighted by atomic mass is 9.80. The summed E-state index contributed by atoms with van der Waals surface area (Å²) in [6.45, 7) is 3.55. The average molecular weight is 284 g/mol. The van der Waals surface area contributed by atoms with Gasteiger partial charge in [-0.25, -0.2) is 0 Å². The van der Waals surface area contributed by atoms with E-state index in [0.29, 0.717) is 5.54 Å². The smallest absolute Gasteiger partial charge is 0.0412 e. The zero-order chi connectivity index (χ0) is 14.1. The fourth-order valence-electron chi connectivity index (χ4n) is 4.47. The highest BCUT2D eigenvalue weighted by atomic mass is 15.2. The lowest BCUT2D eigenvalue weighted by molar-refractivity contribution is 0.228. The Labute approximate surface area is 128 Å². The Kier molecular flexibility index (Phi) is 3.66. The highest BCUT2D eigenvalue weighted by Crippen LogP contribution is 2.37. The molecule has 1 N–H and O–H groups in total. The molecule has 2 aliphatic carbocycles. The van der Waals surface area contributed by atoms with E-state index in [1.807, 2.05) is 0 Å². The van der Waals surface area contributed by atoms with Gasteiger partial charge in [0, 0.05) is 30.9 Å². The van der Waals surface area contributed by atoms with Gasteiger partial charge in [0.15, 0.2) is 0 Å². The molecule has 0 aromatic heterocycles. The number of anilines is 1. The molecule has 0 atom stereocenters. The first-order chi connectivity index (χ1) is 10.3. The van der Waals surface area contributed by atoms with E-state index in [9.17, 15) is 0 Å². The second kappa shape index (κ2) is 5.64. The van der Waals surface area contributed by atoms with Crippen LogP contribution >= 0.6 is 0 Å². The van der Waals surface area contributed by atoms with Crippen molar-refractivity contribution in [2.45, 2.75) is 63.5 Å². The standard InChI is InChI=1S/C19H28N2/c1-4-11-19(12-5-1)15-21(14-16-7-6-8-16)18-10-3-2-9-17(18)13-20-19/h2-3,9-10,16,20H,1,4-8,11-15H2. The Morgan fingerprint density at radius 2 is 1.86 bits per heavy atom. The van der Waals surface area contributed by atoms with Crippen LogP contribution in [0.5, 0.6) is 0 Å². The molecule has 2 heteroatoms. The van der Waals surface area contributed by atoms with Crippen molar-refractivity contribution < 1.29 is 0 Å². The Bertz CT molecular complexity index is 486. The first-order valence-electron chi connectivity index (χ1n) is 8.93. The number of hydrogen-bond donors (Lipinski definition) is 1. The van der Waals surface area contributed by atoms with Gasteiger partial charge in [-0.3, -0.25) is 0 Å². The van der Waals surface area contributed by atoms with Gasteiger partial charge in [-0.15, -0.1) is 0 Å². The van der Waals surface area contributed by atoms with Crippen molar-refractivity contribution in [1.82, 2.24) is 5.32 Å². The number of para-hydroxylation sites is 1. The zero-order valence-corrected chi connectivity index (χ0v) is 13.1. The number of nitrogens with zero attached hydrogens (tertiary/aromatic N) is 1. The maximum atomic E-state index is 3.95. The van der Waals surface area contributed by atoms with Crippen LogP contribution < -0.4 is 10.2 Å². The van der Waals surface area contributed by atoms with E-state index in [1.54, 1.807) is 0 Å². The lowest BCUT2D eigenvalue weighted by Crippen LogP contribution is -2.53. The summed E-state index contributed by atoms with van der Waals surface area (Å²) in [5.41, 5.74) is 3.37. The monoisotopic (exact) mass is 284 g/mol. The van der Waals surface area contributed by atoms with Crippen molar-refractivity contribution in [2.75, 3.05) is 18.0 Å². The van der Waals surface area contributed by atoms with Gasteiger partial charge in [0.25, 0.3) is 0 Å². The summed E-state index contributed by atoms with van der Waals surface area (Å²) in [7, 11) is 0. The van der Waals surface area contributed by atoms with Crippen molar-refractivity contribution in [3.63, 3.8) is 0 Å². The van der Waals surface area contributed by atoms with Gasteiger partial charge in [-0.1, -0.05) is 43.9 Å². The fraction of sp³-hybridized carbons (Fsp3) is 0.684. The molecule has 21 heavy (non-hydrogen) atoms. The number of nitrogens with one attached hydrogen (secondary N) is 1. The van der Waals surface area contributed by atoms with Crippen LogP contribution in [0, 0.1) is 5.92 Å². The molecule has 2 fully saturated rings. The molecule has 114 valence electrons. The molecule has 1 aromatic carbocycles. The minimum atomic E-state index is 0.376. The van der Waals surface area contributed by atoms with Crippen LogP contribution in [-0.2, 0) is 6.54 Å². The van der Waals surface area contributed by atoms with Crippen LogP contribution in [0.15, 0.2) is 24.3 Å². The van der Waals surface area contributed by atoms with E-state index in [4.69, 9.17) is 0 Å². The van der Waals surface area contributed by atoms with Gasteiger partial charge < -0.3 is 10.2 Å². The number of benzene rings is 1. The van der Waals surface area contributed by atoms with E-state index in [-0.39, 0.29) is 0 Å². The van der Waals surface area contributed by atoms with Crippen LogP contribution in [0.2, 0.25) is 0 Å². The molecule has 4 rings (SSSR count). The molecule has 1 aromatic rings. The number of fused-ring (bicyclic) bond motifs is 1. The quantitative estimate of drug-likeness (QED) is 0.879. The molecule has 3 aliphatic rings. The van der Waals surface area contributed by atoms with E-state index < -0.39 is 0 Å². The van der Waals surface area contributed by atoms with Crippen molar-refractivity contribution in [3.8, 4) is 0 Å². The molecular formula is C19H28N2. The SMILES string of the molecule is c1ccc2c(c1)CNC1(CCCCC1)CN2CC1CCC1. The van der Waals surface area contributed by atoms with E-state index >= 15 is 0 Å². The highest BCUT2D eigenvalue weighted by molar-refractivity contribution is 5.55. The maximum absolute atomic E-state index is 3.95. The topological polar surface area (TPSA) is 15.3 Å². The van der Waals surface area contributed by atoms with Crippen LogP contribution in [0.25, 0.3) is 0 Å². The molecule has 0 unspecified atom stereocenters. The van der Waals surface area contributed by atoms with Gasteiger partial charge in [-0.05, 0) is 43.2 Å². The van der Waals surface area contributed by atoms with E-state index in [0.717, 1.165) is 12.5 Å².